The van der Waals surface area contributed by atoms with Crippen molar-refractivity contribution in [2.24, 2.45) is 5.92 Å². The molecule has 1 unspecified atom stereocenters. The molecule has 0 saturated carbocycles. The summed E-state index contributed by atoms with van der Waals surface area (Å²) in [5, 5.41) is 5.77. The summed E-state index contributed by atoms with van der Waals surface area (Å²) in [5.74, 6) is 1.75. The van der Waals surface area contributed by atoms with Crippen LogP contribution in [0.15, 0.2) is 6.33 Å². The van der Waals surface area contributed by atoms with Crippen molar-refractivity contribution in [3.8, 4) is 5.75 Å². The van der Waals surface area contributed by atoms with E-state index in [9.17, 15) is 4.79 Å². The fourth-order valence-electron chi connectivity index (χ4n) is 1.94. The number of ether oxygens (including phenoxy) is 1. The Bertz CT molecular complexity index is 452. The lowest BCUT2D eigenvalue weighted by atomic mass is 10.1. The first kappa shape index (κ1) is 16.0. The smallest absolute Gasteiger partial charge is 0.224 e. The zero-order chi connectivity index (χ0) is 15.1. The van der Waals surface area contributed by atoms with E-state index in [1.807, 2.05) is 25.8 Å². The molecule has 0 saturated heterocycles. The molecule has 0 aliphatic heterocycles. The highest BCUT2D eigenvalue weighted by atomic mass is 16.5. The molecule has 1 rings (SSSR count). The number of nitrogens with zero attached hydrogens (tertiary/aromatic N) is 3. The van der Waals surface area contributed by atoms with E-state index in [-0.39, 0.29) is 11.8 Å². The molecule has 1 aromatic heterocycles. The minimum atomic E-state index is -0.146. The first-order chi connectivity index (χ1) is 9.54. The van der Waals surface area contributed by atoms with Crippen LogP contribution in [0.25, 0.3) is 0 Å². The lowest BCUT2D eigenvalue weighted by Gasteiger charge is -2.24. The molecule has 1 atom stereocenters. The van der Waals surface area contributed by atoms with E-state index < -0.39 is 0 Å². The van der Waals surface area contributed by atoms with Crippen molar-refractivity contribution in [1.82, 2.24) is 15.3 Å². The van der Waals surface area contributed by atoms with Crippen LogP contribution in [0.5, 0.6) is 5.75 Å². The number of carbonyl (C=O) groups is 1. The lowest BCUT2D eigenvalue weighted by Crippen LogP contribution is -2.34. The zero-order valence-electron chi connectivity index (χ0n) is 12.7. The average Bonchev–Trinajstić information content (AvgIpc) is 2.46. The Balaban J connectivity index is 2.94. The topological polar surface area (TPSA) is 79.4 Å². The van der Waals surface area contributed by atoms with Gasteiger partial charge in [-0.1, -0.05) is 6.92 Å². The molecule has 0 spiro atoms. The Morgan fingerprint density at radius 3 is 2.75 bits per heavy atom. The van der Waals surface area contributed by atoms with Crippen LogP contribution in [0.2, 0.25) is 0 Å². The van der Waals surface area contributed by atoms with E-state index in [2.05, 4.69) is 20.6 Å². The monoisotopic (exact) mass is 281 g/mol. The minimum absolute atomic E-state index is 0.00298. The Hall–Kier alpha value is -2.05. The molecule has 20 heavy (non-hydrogen) atoms. The van der Waals surface area contributed by atoms with Gasteiger partial charge in [0, 0.05) is 27.2 Å². The molecule has 0 bridgehead atoms. The van der Waals surface area contributed by atoms with E-state index in [4.69, 9.17) is 4.74 Å². The van der Waals surface area contributed by atoms with Gasteiger partial charge in [-0.2, -0.15) is 0 Å². The number of amides is 1. The quantitative estimate of drug-likeness (QED) is 0.767. The molecule has 7 nitrogen and oxygen atoms in total. The van der Waals surface area contributed by atoms with Gasteiger partial charge in [0.15, 0.2) is 11.6 Å². The molecular weight excluding hydrogens is 258 g/mol. The molecule has 7 heteroatoms. The van der Waals surface area contributed by atoms with Gasteiger partial charge >= 0.3 is 0 Å². The van der Waals surface area contributed by atoms with Gasteiger partial charge in [0.1, 0.15) is 6.33 Å². The summed E-state index contributed by atoms with van der Waals surface area (Å²) in [5.41, 5.74) is 0. The Morgan fingerprint density at radius 1 is 1.50 bits per heavy atom. The summed E-state index contributed by atoms with van der Waals surface area (Å²) >= 11 is 0. The summed E-state index contributed by atoms with van der Waals surface area (Å²) in [6.07, 6.45) is 1.48. The van der Waals surface area contributed by atoms with Crippen LogP contribution in [-0.2, 0) is 4.79 Å². The molecule has 0 aliphatic carbocycles. The van der Waals surface area contributed by atoms with Gasteiger partial charge in [-0.3, -0.25) is 4.79 Å². The van der Waals surface area contributed by atoms with Gasteiger partial charge in [-0.15, -0.1) is 0 Å². The number of hydrogen-bond acceptors (Lipinski definition) is 6. The third-order valence-electron chi connectivity index (χ3n) is 2.94. The van der Waals surface area contributed by atoms with Crippen molar-refractivity contribution in [1.29, 1.82) is 0 Å². The summed E-state index contributed by atoms with van der Waals surface area (Å²) < 4.78 is 5.39. The van der Waals surface area contributed by atoms with Crippen molar-refractivity contribution >= 4 is 17.5 Å². The summed E-state index contributed by atoms with van der Waals surface area (Å²) in [6.45, 7) is 5.14. The Morgan fingerprint density at radius 2 is 2.20 bits per heavy atom. The Kier molecular flexibility index (Phi) is 6.02. The maximum Gasteiger partial charge on any atom is 0.224 e. The molecule has 0 aliphatic rings. The summed E-state index contributed by atoms with van der Waals surface area (Å²) in [4.78, 5) is 21.9. The lowest BCUT2D eigenvalue weighted by molar-refractivity contribution is -0.123. The largest absolute Gasteiger partial charge is 0.490 e. The second-order valence-electron chi connectivity index (χ2n) is 4.51. The van der Waals surface area contributed by atoms with Crippen molar-refractivity contribution in [3.63, 3.8) is 0 Å². The van der Waals surface area contributed by atoms with E-state index >= 15 is 0 Å². The molecule has 0 fully saturated rings. The van der Waals surface area contributed by atoms with E-state index in [1.165, 1.54) is 6.33 Å². The molecule has 2 N–H and O–H groups in total. The highest BCUT2D eigenvalue weighted by Crippen LogP contribution is 2.31. The van der Waals surface area contributed by atoms with Gasteiger partial charge < -0.3 is 20.3 Å². The van der Waals surface area contributed by atoms with Gasteiger partial charge in [0.05, 0.1) is 13.0 Å². The molecule has 1 amide bonds. The highest BCUT2D eigenvalue weighted by Gasteiger charge is 2.19. The maximum atomic E-state index is 11.6. The fraction of sp³-hybridized carbons (Fsp3) is 0.615. The number of rotatable bonds is 7. The SMILES string of the molecule is CCNc1ncnc(N(C)CC(C)C(=O)NC)c1OC. The van der Waals surface area contributed by atoms with Crippen molar-refractivity contribution in [3.05, 3.63) is 6.33 Å². The van der Waals surface area contributed by atoms with E-state index in [1.54, 1.807) is 14.2 Å². The first-order valence-electron chi connectivity index (χ1n) is 6.60. The predicted octanol–water partition coefficient (Wildman–Crippen LogP) is 0.735. The maximum absolute atomic E-state index is 11.6. The van der Waals surface area contributed by atoms with Gasteiger partial charge in [-0.05, 0) is 6.92 Å². The molecule has 1 aromatic rings. The minimum Gasteiger partial charge on any atom is -0.490 e. The van der Waals surface area contributed by atoms with Crippen LogP contribution >= 0.6 is 0 Å². The molecule has 0 aromatic carbocycles. The van der Waals surface area contributed by atoms with Crippen LogP contribution in [0, 0.1) is 5.92 Å². The van der Waals surface area contributed by atoms with E-state index in [0.717, 1.165) is 6.54 Å². The van der Waals surface area contributed by atoms with Crippen LogP contribution in [0.1, 0.15) is 13.8 Å². The average molecular weight is 281 g/mol. The van der Waals surface area contributed by atoms with Crippen molar-refractivity contribution < 1.29 is 9.53 Å². The number of methoxy groups -OCH3 is 1. The Labute approximate surface area is 119 Å². The third-order valence-corrected chi connectivity index (χ3v) is 2.94. The normalized spacial score (nSPS) is 11.7. The number of nitrogens with one attached hydrogen (secondary N) is 2. The van der Waals surface area contributed by atoms with E-state index in [0.29, 0.717) is 23.9 Å². The molecular formula is C13H23N5O2. The summed E-state index contributed by atoms with van der Waals surface area (Å²) in [6, 6.07) is 0. The molecule has 0 radical (unpaired) electrons. The van der Waals surface area contributed by atoms with Gasteiger partial charge in [0.2, 0.25) is 11.7 Å². The summed E-state index contributed by atoms with van der Waals surface area (Å²) in [7, 11) is 5.09. The van der Waals surface area contributed by atoms with Gasteiger partial charge in [0.25, 0.3) is 0 Å². The standard InChI is InChI=1S/C13H23N5O2/c1-6-15-11-10(20-5)12(17-8-16-11)18(4)7-9(2)13(19)14-3/h8-9H,6-7H2,1-5H3,(H,14,19)(H,15,16,17). The zero-order valence-corrected chi connectivity index (χ0v) is 12.7. The predicted molar refractivity (Wildman–Crippen MR) is 79.2 cm³/mol. The number of hydrogen-bond donors (Lipinski definition) is 2. The first-order valence-corrected chi connectivity index (χ1v) is 6.60. The van der Waals surface area contributed by atoms with Crippen LogP contribution < -0.4 is 20.3 Å². The second kappa shape index (κ2) is 7.52. The fourth-order valence-corrected chi connectivity index (χ4v) is 1.94. The third kappa shape index (κ3) is 3.72. The second-order valence-corrected chi connectivity index (χ2v) is 4.51. The van der Waals surface area contributed by atoms with Crippen LogP contribution in [0.3, 0.4) is 0 Å². The molecule has 112 valence electrons. The highest BCUT2D eigenvalue weighted by molar-refractivity contribution is 5.78. The van der Waals surface area contributed by atoms with Crippen LogP contribution in [-0.4, -0.2) is 50.2 Å². The van der Waals surface area contributed by atoms with Crippen molar-refractivity contribution in [2.45, 2.75) is 13.8 Å². The van der Waals surface area contributed by atoms with Gasteiger partial charge in [-0.25, -0.2) is 9.97 Å². The number of aromatic nitrogens is 2. The molecule has 1 heterocycles. The van der Waals surface area contributed by atoms with Crippen LogP contribution in [0.4, 0.5) is 11.6 Å². The van der Waals surface area contributed by atoms with Crippen molar-refractivity contribution in [2.75, 3.05) is 44.5 Å². The number of carbonyl (C=O) groups excluding carboxylic acids is 1. The number of anilines is 2.